The Morgan fingerprint density at radius 3 is 2.68 bits per heavy atom. The van der Waals surface area contributed by atoms with Gasteiger partial charge in [0.15, 0.2) is 0 Å². The van der Waals surface area contributed by atoms with Crippen molar-refractivity contribution in [2.45, 2.75) is 23.8 Å². The molecule has 22 heavy (non-hydrogen) atoms. The van der Waals surface area contributed by atoms with Crippen molar-refractivity contribution in [2.75, 3.05) is 5.32 Å². The predicted octanol–water partition coefficient (Wildman–Crippen LogP) is 2.36. The first-order valence-corrected chi connectivity index (χ1v) is 8.58. The summed E-state index contributed by atoms with van der Waals surface area (Å²) in [6.07, 6.45) is 3.23. The second kappa shape index (κ2) is 5.75. The van der Waals surface area contributed by atoms with Gasteiger partial charge >= 0.3 is 0 Å². The van der Waals surface area contributed by atoms with E-state index in [2.05, 4.69) is 15.0 Å². The molecule has 0 unspecified atom stereocenters. The van der Waals surface area contributed by atoms with Crippen molar-refractivity contribution in [1.29, 1.82) is 0 Å². The van der Waals surface area contributed by atoms with Crippen LogP contribution in [0.25, 0.3) is 0 Å². The fraction of sp³-hybridized carbons (Fsp3) is 0.214. The smallest absolute Gasteiger partial charge is 0.272 e. The third kappa shape index (κ3) is 3.49. The molecule has 2 aromatic rings. The van der Waals surface area contributed by atoms with Gasteiger partial charge in [0, 0.05) is 17.9 Å². The Kier molecular flexibility index (Phi) is 3.94. The Bertz CT molecular complexity index is 812. The molecule has 1 aliphatic carbocycles. The average molecular weight is 340 g/mol. The molecule has 1 amide bonds. The number of rotatable bonds is 5. The molecule has 1 aromatic heterocycles. The highest BCUT2D eigenvalue weighted by Crippen LogP contribution is 2.23. The van der Waals surface area contributed by atoms with Gasteiger partial charge in [0.2, 0.25) is 10.0 Å². The second-order valence-electron chi connectivity index (χ2n) is 5.11. The summed E-state index contributed by atoms with van der Waals surface area (Å²) in [6, 6.07) is 7.65. The van der Waals surface area contributed by atoms with E-state index in [0.29, 0.717) is 16.4 Å². The summed E-state index contributed by atoms with van der Waals surface area (Å²) in [4.78, 5) is 14.9. The number of amides is 1. The molecule has 1 heterocycles. The largest absolute Gasteiger partial charge is 0.356 e. The minimum Gasteiger partial charge on any atom is -0.356 e. The van der Waals surface area contributed by atoms with Crippen LogP contribution in [0.2, 0.25) is 5.02 Å². The van der Waals surface area contributed by atoms with Gasteiger partial charge in [-0.25, -0.2) is 13.1 Å². The number of hydrogen-bond donors (Lipinski definition) is 3. The maximum Gasteiger partial charge on any atom is 0.272 e. The summed E-state index contributed by atoms with van der Waals surface area (Å²) < 4.78 is 26.9. The first-order valence-electron chi connectivity index (χ1n) is 6.72. The molecule has 6 nitrogen and oxygen atoms in total. The van der Waals surface area contributed by atoms with E-state index in [9.17, 15) is 13.2 Å². The monoisotopic (exact) mass is 339 g/mol. The van der Waals surface area contributed by atoms with Crippen LogP contribution in [0.4, 0.5) is 5.69 Å². The zero-order valence-corrected chi connectivity index (χ0v) is 13.0. The van der Waals surface area contributed by atoms with Crippen LogP contribution in [0.1, 0.15) is 23.3 Å². The van der Waals surface area contributed by atoms with Crippen LogP contribution in [0, 0.1) is 0 Å². The molecule has 0 radical (unpaired) electrons. The van der Waals surface area contributed by atoms with Gasteiger partial charge in [-0.15, -0.1) is 0 Å². The van der Waals surface area contributed by atoms with E-state index < -0.39 is 15.9 Å². The molecule has 1 fully saturated rings. The standard InChI is InChI=1S/C14H14ClN3O3S/c15-9-6-13(16-8-9)14(19)17-11-2-1-3-12(7-11)22(20,21)18-10-4-5-10/h1-3,6-8,10,16,18H,4-5H2,(H,17,19). The SMILES string of the molecule is O=C(Nc1cccc(S(=O)(=O)NC2CC2)c1)c1cc(Cl)c[nH]1. The molecule has 116 valence electrons. The van der Waals surface area contributed by atoms with E-state index in [1.165, 1.54) is 24.4 Å². The van der Waals surface area contributed by atoms with Gasteiger partial charge in [-0.2, -0.15) is 0 Å². The predicted molar refractivity (Wildman–Crippen MR) is 83.5 cm³/mol. The van der Waals surface area contributed by atoms with Gasteiger partial charge < -0.3 is 10.3 Å². The number of nitrogens with one attached hydrogen (secondary N) is 3. The molecule has 0 atom stereocenters. The van der Waals surface area contributed by atoms with Crippen molar-refractivity contribution in [3.05, 3.63) is 47.2 Å². The summed E-state index contributed by atoms with van der Waals surface area (Å²) in [5, 5.41) is 3.06. The molecular formula is C14H14ClN3O3S. The molecule has 1 saturated carbocycles. The number of carbonyl (C=O) groups is 1. The highest BCUT2D eigenvalue weighted by atomic mass is 35.5. The molecule has 3 N–H and O–H groups in total. The quantitative estimate of drug-likeness (QED) is 0.781. The van der Waals surface area contributed by atoms with Crippen molar-refractivity contribution in [1.82, 2.24) is 9.71 Å². The Morgan fingerprint density at radius 1 is 1.27 bits per heavy atom. The summed E-state index contributed by atoms with van der Waals surface area (Å²) in [7, 11) is -3.55. The molecule has 1 aliphatic rings. The number of benzene rings is 1. The number of carbonyl (C=O) groups excluding carboxylic acids is 1. The van der Waals surface area contributed by atoms with Crippen LogP contribution < -0.4 is 10.0 Å². The van der Waals surface area contributed by atoms with Gasteiger partial charge in [0.1, 0.15) is 5.69 Å². The van der Waals surface area contributed by atoms with E-state index in [1.807, 2.05) is 0 Å². The topological polar surface area (TPSA) is 91.1 Å². The van der Waals surface area contributed by atoms with Crippen LogP contribution in [0.15, 0.2) is 41.4 Å². The molecule has 0 aliphatic heterocycles. The Morgan fingerprint density at radius 2 is 2.05 bits per heavy atom. The third-order valence-corrected chi connectivity index (χ3v) is 4.93. The van der Waals surface area contributed by atoms with E-state index in [-0.39, 0.29) is 10.9 Å². The number of hydrogen-bond acceptors (Lipinski definition) is 3. The highest BCUT2D eigenvalue weighted by Gasteiger charge is 2.28. The van der Waals surface area contributed by atoms with Crippen LogP contribution in [-0.4, -0.2) is 25.4 Å². The third-order valence-electron chi connectivity index (χ3n) is 3.19. The second-order valence-corrected chi connectivity index (χ2v) is 7.26. The van der Waals surface area contributed by atoms with E-state index in [4.69, 9.17) is 11.6 Å². The Hall–Kier alpha value is -1.83. The number of aromatic amines is 1. The summed E-state index contributed by atoms with van der Waals surface area (Å²) >= 11 is 5.75. The highest BCUT2D eigenvalue weighted by molar-refractivity contribution is 7.89. The Balaban J connectivity index is 1.77. The number of halogens is 1. The van der Waals surface area contributed by atoms with Gasteiger partial charge in [0.05, 0.1) is 9.92 Å². The Labute approximate surface area is 132 Å². The molecular weight excluding hydrogens is 326 g/mol. The van der Waals surface area contributed by atoms with Crippen molar-refractivity contribution in [3.63, 3.8) is 0 Å². The molecule has 0 spiro atoms. The lowest BCUT2D eigenvalue weighted by atomic mass is 10.3. The lowest BCUT2D eigenvalue weighted by Crippen LogP contribution is -2.25. The number of aromatic nitrogens is 1. The molecule has 8 heteroatoms. The van der Waals surface area contributed by atoms with E-state index >= 15 is 0 Å². The zero-order chi connectivity index (χ0) is 15.7. The van der Waals surface area contributed by atoms with E-state index in [1.54, 1.807) is 12.1 Å². The maximum absolute atomic E-state index is 12.1. The normalized spacial score (nSPS) is 14.8. The molecule has 0 bridgehead atoms. The first-order chi connectivity index (χ1) is 10.4. The minimum atomic E-state index is -3.55. The van der Waals surface area contributed by atoms with Crippen LogP contribution in [0.5, 0.6) is 0 Å². The fourth-order valence-corrected chi connectivity index (χ4v) is 3.44. The number of anilines is 1. The number of sulfonamides is 1. The lowest BCUT2D eigenvalue weighted by molar-refractivity contribution is 0.102. The minimum absolute atomic E-state index is 0.0318. The maximum atomic E-state index is 12.1. The van der Waals surface area contributed by atoms with E-state index in [0.717, 1.165) is 12.8 Å². The summed E-state index contributed by atoms with van der Waals surface area (Å²) in [5.41, 5.74) is 0.698. The van der Waals surface area contributed by atoms with Crippen LogP contribution >= 0.6 is 11.6 Å². The fourth-order valence-electron chi connectivity index (χ4n) is 1.93. The average Bonchev–Trinajstić information content (AvgIpc) is 3.16. The van der Waals surface area contributed by atoms with Gasteiger partial charge in [-0.05, 0) is 37.1 Å². The van der Waals surface area contributed by atoms with Gasteiger partial charge in [0.25, 0.3) is 5.91 Å². The lowest BCUT2D eigenvalue weighted by Gasteiger charge is -2.08. The molecule has 3 rings (SSSR count). The van der Waals surface area contributed by atoms with Crippen LogP contribution in [-0.2, 0) is 10.0 Å². The van der Waals surface area contributed by atoms with Crippen molar-refractivity contribution in [2.24, 2.45) is 0 Å². The van der Waals surface area contributed by atoms with Gasteiger partial charge in [-0.1, -0.05) is 17.7 Å². The molecule has 0 saturated heterocycles. The van der Waals surface area contributed by atoms with Crippen molar-refractivity contribution < 1.29 is 13.2 Å². The zero-order valence-electron chi connectivity index (χ0n) is 11.5. The van der Waals surface area contributed by atoms with Crippen LogP contribution in [0.3, 0.4) is 0 Å². The summed E-state index contributed by atoms with van der Waals surface area (Å²) in [6.45, 7) is 0. The van der Waals surface area contributed by atoms with Crippen molar-refractivity contribution in [3.8, 4) is 0 Å². The summed E-state index contributed by atoms with van der Waals surface area (Å²) in [5.74, 6) is -0.392. The van der Waals surface area contributed by atoms with Gasteiger partial charge in [-0.3, -0.25) is 4.79 Å². The first kappa shape index (κ1) is 15.1. The number of H-pyrrole nitrogens is 1. The van der Waals surface area contributed by atoms with Crippen molar-refractivity contribution >= 4 is 33.2 Å². The molecule has 1 aromatic carbocycles.